The third-order valence-electron chi connectivity index (χ3n) is 2.39. The monoisotopic (exact) mass is 218 g/mol. The van der Waals surface area contributed by atoms with E-state index in [0.29, 0.717) is 17.8 Å². The number of hydrogen-bond donors (Lipinski definition) is 1. The lowest BCUT2D eigenvalue weighted by molar-refractivity contribution is 0.0963. The molecule has 1 heterocycles. The van der Waals surface area contributed by atoms with Gasteiger partial charge in [0.2, 0.25) is 0 Å². The zero-order chi connectivity index (χ0) is 11.5. The maximum atomic E-state index is 11.4. The molecule has 1 aliphatic heterocycles. The van der Waals surface area contributed by atoms with Gasteiger partial charge < -0.3 is 9.84 Å². The van der Waals surface area contributed by atoms with Crippen molar-refractivity contribution in [2.75, 3.05) is 18.1 Å². The minimum atomic E-state index is -0.469. The first-order valence-electron chi connectivity index (χ1n) is 4.84. The minimum Gasteiger partial charge on any atom is -0.441 e. The Bertz CT molecular complexity index is 436. The highest BCUT2D eigenvalue weighted by molar-refractivity contribution is 5.89. The number of aliphatic hydroxyl groups excluding tert-OH is 1. The molecule has 1 amide bonds. The van der Waals surface area contributed by atoms with Gasteiger partial charge in [-0.3, -0.25) is 4.90 Å². The Hall–Kier alpha value is -2.06. The summed E-state index contributed by atoms with van der Waals surface area (Å²) in [5.41, 5.74) is 1.20. The van der Waals surface area contributed by atoms with E-state index in [1.165, 1.54) is 4.90 Å². The molecule has 1 N–H and O–H groups in total. The molecule has 1 saturated heterocycles. The standard InChI is InChI=1S/C11H10N2O3/c12-5-8-1-3-9(4-2-8)13-6-10(7-14)16-11(13)15/h1-4,10,14H,6-7H2/t10-/m1/s1. The highest BCUT2D eigenvalue weighted by Gasteiger charge is 2.31. The molecule has 1 aliphatic rings. The second-order valence-corrected chi connectivity index (χ2v) is 3.46. The topological polar surface area (TPSA) is 73.6 Å². The average molecular weight is 218 g/mol. The number of rotatable bonds is 2. The van der Waals surface area contributed by atoms with Crippen LogP contribution >= 0.6 is 0 Å². The number of amides is 1. The predicted molar refractivity (Wildman–Crippen MR) is 55.9 cm³/mol. The van der Waals surface area contributed by atoms with E-state index < -0.39 is 12.2 Å². The Balaban J connectivity index is 2.19. The van der Waals surface area contributed by atoms with Crippen molar-refractivity contribution in [1.29, 1.82) is 5.26 Å². The van der Waals surface area contributed by atoms with E-state index in [9.17, 15) is 4.79 Å². The lowest BCUT2D eigenvalue weighted by Gasteiger charge is -2.12. The van der Waals surface area contributed by atoms with Gasteiger partial charge in [-0.2, -0.15) is 5.26 Å². The van der Waals surface area contributed by atoms with Crippen LogP contribution < -0.4 is 4.90 Å². The summed E-state index contributed by atoms with van der Waals surface area (Å²) < 4.78 is 4.91. The Morgan fingerprint density at radius 1 is 1.50 bits per heavy atom. The molecule has 1 atom stereocenters. The van der Waals surface area contributed by atoms with Crippen LogP contribution in [0.4, 0.5) is 10.5 Å². The maximum Gasteiger partial charge on any atom is 0.414 e. The minimum absolute atomic E-state index is 0.182. The Kier molecular flexibility index (Phi) is 2.75. The fourth-order valence-electron chi connectivity index (χ4n) is 1.54. The van der Waals surface area contributed by atoms with Crippen molar-refractivity contribution in [3.05, 3.63) is 29.8 Å². The van der Waals surface area contributed by atoms with Gasteiger partial charge in [-0.1, -0.05) is 0 Å². The highest BCUT2D eigenvalue weighted by Crippen LogP contribution is 2.21. The molecular weight excluding hydrogens is 208 g/mol. The second-order valence-electron chi connectivity index (χ2n) is 3.46. The summed E-state index contributed by atoms with van der Waals surface area (Å²) in [6, 6.07) is 8.63. The number of nitriles is 1. The summed E-state index contributed by atoms with van der Waals surface area (Å²) >= 11 is 0. The maximum absolute atomic E-state index is 11.4. The predicted octanol–water partition coefficient (Wildman–Crippen LogP) is 0.876. The van der Waals surface area contributed by atoms with Gasteiger partial charge in [0.25, 0.3) is 0 Å². The van der Waals surface area contributed by atoms with Gasteiger partial charge >= 0.3 is 6.09 Å². The van der Waals surface area contributed by atoms with E-state index in [-0.39, 0.29) is 6.61 Å². The van der Waals surface area contributed by atoms with Gasteiger partial charge in [-0.25, -0.2) is 4.79 Å². The first-order chi connectivity index (χ1) is 7.74. The van der Waals surface area contributed by atoms with Gasteiger partial charge in [0, 0.05) is 5.69 Å². The molecule has 0 aromatic heterocycles. The van der Waals surface area contributed by atoms with Gasteiger partial charge in [0.05, 0.1) is 24.8 Å². The molecule has 0 unspecified atom stereocenters. The molecule has 5 nitrogen and oxygen atoms in total. The summed E-state index contributed by atoms with van der Waals surface area (Å²) in [5.74, 6) is 0. The van der Waals surface area contributed by atoms with Crippen LogP contribution in [0.2, 0.25) is 0 Å². The zero-order valence-electron chi connectivity index (χ0n) is 8.46. The molecule has 82 valence electrons. The van der Waals surface area contributed by atoms with Crippen molar-refractivity contribution in [2.24, 2.45) is 0 Å². The summed E-state index contributed by atoms with van der Waals surface area (Å²) in [6.45, 7) is 0.153. The SMILES string of the molecule is N#Cc1ccc(N2C[C@H](CO)OC2=O)cc1. The molecule has 1 aromatic carbocycles. The van der Waals surface area contributed by atoms with Gasteiger partial charge in [0.15, 0.2) is 0 Å². The average Bonchev–Trinajstić information content (AvgIpc) is 2.71. The Labute approximate surface area is 92.5 Å². The molecule has 16 heavy (non-hydrogen) atoms. The van der Waals surface area contributed by atoms with Crippen LogP contribution in [0.3, 0.4) is 0 Å². The number of aliphatic hydroxyl groups is 1. The summed E-state index contributed by atoms with van der Waals surface area (Å²) in [7, 11) is 0. The summed E-state index contributed by atoms with van der Waals surface area (Å²) in [6.07, 6.45) is -0.938. The van der Waals surface area contributed by atoms with Crippen molar-refractivity contribution in [3.63, 3.8) is 0 Å². The van der Waals surface area contributed by atoms with Crippen molar-refractivity contribution >= 4 is 11.8 Å². The fourth-order valence-corrected chi connectivity index (χ4v) is 1.54. The first kappa shape index (κ1) is 10.5. The van der Waals surface area contributed by atoms with Crippen LogP contribution in [0.15, 0.2) is 24.3 Å². The number of hydrogen-bond acceptors (Lipinski definition) is 4. The van der Waals surface area contributed by atoms with Crippen LogP contribution in [-0.2, 0) is 4.74 Å². The van der Waals surface area contributed by atoms with Gasteiger partial charge in [-0.05, 0) is 24.3 Å². The molecular formula is C11H10N2O3. The molecule has 2 rings (SSSR count). The third kappa shape index (κ3) is 1.83. The van der Waals surface area contributed by atoms with Crippen molar-refractivity contribution in [3.8, 4) is 6.07 Å². The smallest absolute Gasteiger partial charge is 0.414 e. The molecule has 0 aliphatic carbocycles. The van der Waals surface area contributed by atoms with E-state index in [2.05, 4.69) is 0 Å². The van der Waals surface area contributed by atoms with Crippen molar-refractivity contribution in [1.82, 2.24) is 0 Å². The van der Waals surface area contributed by atoms with E-state index in [1.807, 2.05) is 6.07 Å². The number of anilines is 1. The first-order valence-corrected chi connectivity index (χ1v) is 4.84. The molecule has 1 aromatic rings. The zero-order valence-corrected chi connectivity index (χ0v) is 8.46. The third-order valence-corrected chi connectivity index (χ3v) is 2.39. The molecule has 0 spiro atoms. The quantitative estimate of drug-likeness (QED) is 0.799. The fraction of sp³-hybridized carbons (Fsp3) is 0.273. The molecule has 1 fully saturated rings. The number of carbonyl (C=O) groups excluding carboxylic acids is 1. The Morgan fingerprint density at radius 2 is 2.19 bits per heavy atom. The van der Waals surface area contributed by atoms with Crippen LogP contribution in [0.25, 0.3) is 0 Å². The van der Waals surface area contributed by atoms with E-state index >= 15 is 0 Å². The molecule has 0 saturated carbocycles. The Morgan fingerprint density at radius 3 is 2.69 bits per heavy atom. The van der Waals surface area contributed by atoms with Crippen LogP contribution in [0.5, 0.6) is 0 Å². The number of benzene rings is 1. The van der Waals surface area contributed by atoms with Gasteiger partial charge in [0.1, 0.15) is 6.10 Å². The summed E-state index contributed by atoms with van der Waals surface area (Å²) in [5, 5.41) is 17.5. The molecule has 0 radical (unpaired) electrons. The lowest BCUT2D eigenvalue weighted by atomic mass is 10.2. The van der Waals surface area contributed by atoms with E-state index in [4.69, 9.17) is 15.1 Å². The second kappa shape index (κ2) is 4.21. The number of ether oxygens (including phenoxy) is 1. The van der Waals surface area contributed by atoms with Crippen LogP contribution in [-0.4, -0.2) is 30.5 Å². The number of carbonyl (C=O) groups is 1. The van der Waals surface area contributed by atoms with Gasteiger partial charge in [-0.15, -0.1) is 0 Å². The number of cyclic esters (lactones) is 1. The van der Waals surface area contributed by atoms with Crippen molar-refractivity contribution < 1.29 is 14.6 Å². The van der Waals surface area contributed by atoms with E-state index in [0.717, 1.165) is 0 Å². The molecule has 0 bridgehead atoms. The largest absolute Gasteiger partial charge is 0.441 e. The lowest BCUT2D eigenvalue weighted by Crippen LogP contribution is -2.25. The highest BCUT2D eigenvalue weighted by atomic mass is 16.6. The van der Waals surface area contributed by atoms with Crippen LogP contribution in [0.1, 0.15) is 5.56 Å². The van der Waals surface area contributed by atoms with E-state index in [1.54, 1.807) is 24.3 Å². The number of nitrogens with zero attached hydrogens (tertiary/aromatic N) is 2. The normalized spacial score (nSPS) is 19.4. The van der Waals surface area contributed by atoms with Crippen LogP contribution in [0, 0.1) is 11.3 Å². The molecule has 5 heteroatoms. The van der Waals surface area contributed by atoms with Crippen molar-refractivity contribution in [2.45, 2.75) is 6.10 Å². The summed E-state index contributed by atoms with van der Waals surface area (Å²) in [4.78, 5) is 12.9.